The van der Waals surface area contributed by atoms with Crippen molar-refractivity contribution >= 4 is 11.9 Å². The van der Waals surface area contributed by atoms with Crippen LogP contribution in [0.25, 0.3) is 11.4 Å². The molecule has 1 aliphatic rings. The van der Waals surface area contributed by atoms with Crippen molar-refractivity contribution < 1.29 is 14.7 Å². The van der Waals surface area contributed by atoms with E-state index >= 15 is 0 Å². The lowest BCUT2D eigenvalue weighted by Gasteiger charge is -2.17. The molecule has 1 aliphatic heterocycles. The van der Waals surface area contributed by atoms with Crippen LogP contribution in [0.5, 0.6) is 0 Å². The predicted octanol–water partition coefficient (Wildman–Crippen LogP) is 2.87. The number of H-pyrrole nitrogens is 1. The molecule has 0 unspecified atom stereocenters. The van der Waals surface area contributed by atoms with Gasteiger partial charge in [0.25, 0.3) is 5.91 Å². The fourth-order valence-electron chi connectivity index (χ4n) is 3.60. The number of aromatic nitrogens is 3. The van der Waals surface area contributed by atoms with E-state index in [0.717, 1.165) is 30.5 Å². The standard InChI is InChI=1S/C21H20N4O3/c26-20(17-7-5-16(6-8-17)19-22-13-23-24-19)25-10-9-15(12-25)11-14-1-3-18(4-2-14)21(27)28/h1-8,13,15H,9-12H2,(H,27,28)(H,22,23,24)/t15-/m0/s1. The van der Waals surface area contributed by atoms with Crippen LogP contribution < -0.4 is 0 Å². The Bertz CT molecular complexity index is 966. The van der Waals surface area contributed by atoms with Crippen LogP contribution in [0.1, 0.15) is 32.7 Å². The number of rotatable bonds is 5. The smallest absolute Gasteiger partial charge is 0.335 e. The molecule has 0 bridgehead atoms. The summed E-state index contributed by atoms with van der Waals surface area (Å²) in [5.74, 6) is 0.175. The van der Waals surface area contributed by atoms with E-state index < -0.39 is 5.97 Å². The molecule has 1 aromatic heterocycles. The third-order valence-corrected chi connectivity index (χ3v) is 5.12. The number of carboxylic acid groups (broad SMARTS) is 1. The van der Waals surface area contributed by atoms with Crippen LogP contribution in [-0.4, -0.2) is 50.2 Å². The Morgan fingerprint density at radius 2 is 1.79 bits per heavy atom. The minimum Gasteiger partial charge on any atom is -0.478 e. The molecule has 2 aromatic carbocycles. The summed E-state index contributed by atoms with van der Waals surface area (Å²) < 4.78 is 0. The first kappa shape index (κ1) is 17.9. The molecule has 1 fully saturated rings. The fourth-order valence-corrected chi connectivity index (χ4v) is 3.60. The largest absolute Gasteiger partial charge is 0.478 e. The molecule has 4 rings (SSSR count). The van der Waals surface area contributed by atoms with Gasteiger partial charge in [0.2, 0.25) is 0 Å². The van der Waals surface area contributed by atoms with E-state index in [1.54, 1.807) is 12.1 Å². The molecule has 0 spiro atoms. The molecule has 7 heteroatoms. The first-order chi connectivity index (χ1) is 13.6. The molecular formula is C21H20N4O3. The van der Waals surface area contributed by atoms with E-state index in [0.29, 0.717) is 29.4 Å². The van der Waals surface area contributed by atoms with Gasteiger partial charge in [0.15, 0.2) is 5.82 Å². The van der Waals surface area contributed by atoms with Crippen molar-refractivity contribution in [1.29, 1.82) is 0 Å². The number of carbonyl (C=O) groups excluding carboxylic acids is 1. The van der Waals surface area contributed by atoms with Crippen molar-refractivity contribution in [1.82, 2.24) is 20.1 Å². The maximum Gasteiger partial charge on any atom is 0.335 e. The molecule has 28 heavy (non-hydrogen) atoms. The quantitative estimate of drug-likeness (QED) is 0.713. The first-order valence-corrected chi connectivity index (χ1v) is 9.17. The maximum atomic E-state index is 12.8. The maximum absolute atomic E-state index is 12.8. The van der Waals surface area contributed by atoms with Gasteiger partial charge in [-0.15, -0.1) is 0 Å². The van der Waals surface area contributed by atoms with Crippen LogP contribution in [0.2, 0.25) is 0 Å². The van der Waals surface area contributed by atoms with Gasteiger partial charge in [-0.1, -0.05) is 24.3 Å². The molecule has 0 aliphatic carbocycles. The third kappa shape index (κ3) is 3.78. The molecule has 1 atom stereocenters. The molecule has 142 valence electrons. The normalized spacial score (nSPS) is 16.3. The van der Waals surface area contributed by atoms with Crippen LogP contribution in [0.4, 0.5) is 0 Å². The topological polar surface area (TPSA) is 99.2 Å². The van der Waals surface area contributed by atoms with E-state index in [9.17, 15) is 9.59 Å². The van der Waals surface area contributed by atoms with Gasteiger partial charge in [0, 0.05) is 24.2 Å². The summed E-state index contributed by atoms with van der Waals surface area (Å²) in [7, 11) is 0. The Labute approximate surface area is 162 Å². The summed E-state index contributed by atoms with van der Waals surface area (Å²) in [5, 5.41) is 15.6. The van der Waals surface area contributed by atoms with Crippen LogP contribution in [-0.2, 0) is 6.42 Å². The zero-order valence-corrected chi connectivity index (χ0v) is 15.2. The highest BCUT2D eigenvalue weighted by atomic mass is 16.4. The van der Waals surface area contributed by atoms with E-state index in [-0.39, 0.29) is 5.91 Å². The summed E-state index contributed by atoms with van der Waals surface area (Å²) >= 11 is 0. The van der Waals surface area contributed by atoms with Gasteiger partial charge in [0.05, 0.1) is 5.56 Å². The number of aromatic carboxylic acids is 1. The van der Waals surface area contributed by atoms with Gasteiger partial charge >= 0.3 is 5.97 Å². The molecule has 0 radical (unpaired) electrons. The second kappa shape index (κ2) is 7.64. The molecule has 0 saturated carbocycles. The number of likely N-dealkylation sites (tertiary alicyclic amines) is 1. The monoisotopic (exact) mass is 376 g/mol. The Balaban J connectivity index is 1.37. The van der Waals surface area contributed by atoms with Gasteiger partial charge in [0.1, 0.15) is 6.33 Å². The van der Waals surface area contributed by atoms with Gasteiger partial charge in [-0.25, -0.2) is 9.78 Å². The van der Waals surface area contributed by atoms with Crippen molar-refractivity contribution in [3.8, 4) is 11.4 Å². The zero-order chi connectivity index (χ0) is 19.5. The SMILES string of the molecule is O=C(O)c1ccc(C[C@@H]2CCN(C(=O)c3ccc(-c4ncn[nH]4)cc3)C2)cc1. The average Bonchev–Trinajstić information content (AvgIpc) is 3.40. The van der Waals surface area contributed by atoms with Gasteiger partial charge in [-0.3, -0.25) is 9.89 Å². The Morgan fingerprint density at radius 3 is 2.43 bits per heavy atom. The highest BCUT2D eigenvalue weighted by Crippen LogP contribution is 2.23. The van der Waals surface area contributed by atoms with Crippen molar-refractivity contribution in [2.24, 2.45) is 5.92 Å². The molecule has 2 N–H and O–H groups in total. The van der Waals surface area contributed by atoms with Gasteiger partial charge in [-0.2, -0.15) is 5.10 Å². The number of carbonyl (C=O) groups is 2. The van der Waals surface area contributed by atoms with Crippen molar-refractivity contribution in [3.63, 3.8) is 0 Å². The van der Waals surface area contributed by atoms with E-state index in [1.807, 2.05) is 41.3 Å². The molecule has 1 saturated heterocycles. The highest BCUT2D eigenvalue weighted by molar-refractivity contribution is 5.94. The third-order valence-electron chi connectivity index (χ3n) is 5.12. The molecule has 3 aromatic rings. The van der Waals surface area contributed by atoms with E-state index in [2.05, 4.69) is 15.2 Å². The zero-order valence-electron chi connectivity index (χ0n) is 15.2. The second-order valence-electron chi connectivity index (χ2n) is 7.02. The van der Waals surface area contributed by atoms with Gasteiger partial charge in [-0.05, 0) is 48.6 Å². The minimum absolute atomic E-state index is 0.0350. The average molecular weight is 376 g/mol. The number of hydrogen-bond acceptors (Lipinski definition) is 4. The Morgan fingerprint density at radius 1 is 1.07 bits per heavy atom. The second-order valence-corrected chi connectivity index (χ2v) is 7.02. The summed E-state index contributed by atoms with van der Waals surface area (Å²) in [4.78, 5) is 29.7. The van der Waals surface area contributed by atoms with Crippen LogP contribution in [0, 0.1) is 5.92 Å². The number of hydrogen-bond donors (Lipinski definition) is 2. The van der Waals surface area contributed by atoms with Crippen LogP contribution >= 0.6 is 0 Å². The van der Waals surface area contributed by atoms with Crippen LogP contribution in [0.3, 0.4) is 0 Å². The predicted molar refractivity (Wildman–Crippen MR) is 103 cm³/mol. The van der Waals surface area contributed by atoms with Crippen molar-refractivity contribution in [2.75, 3.05) is 13.1 Å². The minimum atomic E-state index is -0.918. The molecule has 1 amide bonds. The number of amides is 1. The Kier molecular flexibility index (Phi) is 4.89. The molecular weight excluding hydrogens is 356 g/mol. The van der Waals surface area contributed by atoms with Crippen molar-refractivity contribution in [3.05, 3.63) is 71.5 Å². The van der Waals surface area contributed by atoms with E-state index in [1.165, 1.54) is 6.33 Å². The number of benzene rings is 2. The number of nitrogens with one attached hydrogen (secondary N) is 1. The lowest BCUT2D eigenvalue weighted by molar-refractivity contribution is 0.0696. The highest BCUT2D eigenvalue weighted by Gasteiger charge is 2.27. The summed E-state index contributed by atoms with van der Waals surface area (Å²) in [5.41, 5.74) is 2.94. The summed E-state index contributed by atoms with van der Waals surface area (Å²) in [6.07, 6.45) is 3.24. The number of carboxylic acids is 1. The van der Waals surface area contributed by atoms with E-state index in [4.69, 9.17) is 5.11 Å². The van der Waals surface area contributed by atoms with Crippen LogP contribution in [0.15, 0.2) is 54.9 Å². The molecule has 2 heterocycles. The number of nitrogens with zero attached hydrogens (tertiary/aromatic N) is 3. The lowest BCUT2D eigenvalue weighted by Crippen LogP contribution is -2.28. The summed E-state index contributed by atoms with van der Waals surface area (Å²) in [6, 6.07) is 14.3. The Hall–Kier alpha value is -3.48. The van der Waals surface area contributed by atoms with Gasteiger partial charge < -0.3 is 10.0 Å². The lowest BCUT2D eigenvalue weighted by atomic mass is 9.98. The number of aromatic amines is 1. The molecule has 7 nitrogen and oxygen atoms in total. The van der Waals surface area contributed by atoms with Crippen molar-refractivity contribution in [2.45, 2.75) is 12.8 Å². The summed E-state index contributed by atoms with van der Waals surface area (Å²) in [6.45, 7) is 1.45. The fraction of sp³-hybridized carbons (Fsp3) is 0.238. The first-order valence-electron chi connectivity index (χ1n) is 9.17.